The van der Waals surface area contributed by atoms with Crippen molar-refractivity contribution in [2.24, 2.45) is 5.92 Å². The molecule has 164 valence electrons. The van der Waals surface area contributed by atoms with Crippen LogP contribution in [0.3, 0.4) is 0 Å². The minimum atomic E-state index is -0.503. The average Bonchev–Trinajstić information content (AvgIpc) is 3.18. The van der Waals surface area contributed by atoms with Crippen molar-refractivity contribution < 1.29 is 23.9 Å². The second-order valence-corrected chi connectivity index (χ2v) is 7.25. The number of aromatic nitrogens is 1. The summed E-state index contributed by atoms with van der Waals surface area (Å²) in [4.78, 5) is 45.2. The van der Waals surface area contributed by atoms with Gasteiger partial charge in [-0.15, -0.1) is 0 Å². The molecule has 1 aromatic heterocycles. The van der Waals surface area contributed by atoms with Gasteiger partial charge in [-0.1, -0.05) is 18.2 Å². The lowest BCUT2D eigenvalue weighted by atomic mass is 10.1. The molecule has 8 nitrogen and oxygen atoms in total. The predicted octanol–water partition coefficient (Wildman–Crippen LogP) is 2.43. The fraction of sp³-hybridized carbons (Fsp3) is 0.391. The van der Waals surface area contributed by atoms with E-state index in [-0.39, 0.29) is 43.7 Å². The van der Waals surface area contributed by atoms with Crippen LogP contribution < -0.4 is 9.64 Å². The monoisotopic (exact) mass is 425 g/mol. The van der Waals surface area contributed by atoms with E-state index < -0.39 is 5.92 Å². The van der Waals surface area contributed by atoms with Crippen LogP contribution in [0.1, 0.15) is 25.3 Å². The quantitative estimate of drug-likeness (QED) is 0.574. The molecule has 1 aliphatic heterocycles. The number of anilines is 1. The molecular weight excluding hydrogens is 398 g/mol. The Labute approximate surface area is 181 Å². The number of carbonyl (C=O) groups is 3. The van der Waals surface area contributed by atoms with Gasteiger partial charge < -0.3 is 19.3 Å². The molecule has 1 aliphatic rings. The minimum absolute atomic E-state index is 0.0940. The van der Waals surface area contributed by atoms with Crippen LogP contribution in [0.5, 0.6) is 5.75 Å². The topological polar surface area (TPSA) is 89.0 Å². The van der Waals surface area contributed by atoms with Crippen LogP contribution in [-0.2, 0) is 25.7 Å². The van der Waals surface area contributed by atoms with Crippen LogP contribution in [0.15, 0.2) is 48.8 Å². The minimum Gasteiger partial charge on any atom is -0.495 e. The lowest BCUT2D eigenvalue weighted by Gasteiger charge is -2.25. The zero-order chi connectivity index (χ0) is 22.2. The average molecular weight is 425 g/mol. The Kier molecular flexibility index (Phi) is 7.59. The van der Waals surface area contributed by atoms with Crippen molar-refractivity contribution in [2.45, 2.75) is 26.3 Å². The number of amides is 2. The summed E-state index contributed by atoms with van der Waals surface area (Å²) in [6.45, 7) is 2.83. The zero-order valence-electron chi connectivity index (χ0n) is 17.8. The van der Waals surface area contributed by atoms with Gasteiger partial charge in [-0.3, -0.25) is 19.4 Å². The molecule has 0 aliphatic carbocycles. The number of pyridine rings is 1. The summed E-state index contributed by atoms with van der Waals surface area (Å²) in [5.74, 6) is -0.576. The SMILES string of the molecule is CCOC(=O)CCN(Cc1cccnc1)C(=O)[C@@H]1CC(=O)N(c2ccccc2OC)C1. The maximum Gasteiger partial charge on any atom is 0.307 e. The molecular formula is C23H27N3O5. The van der Waals surface area contributed by atoms with E-state index in [1.54, 1.807) is 54.4 Å². The molecule has 31 heavy (non-hydrogen) atoms. The van der Waals surface area contributed by atoms with Crippen LogP contribution in [0.25, 0.3) is 0 Å². The molecule has 8 heteroatoms. The first-order valence-corrected chi connectivity index (χ1v) is 10.3. The number of carbonyl (C=O) groups excluding carboxylic acids is 3. The summed E-state index contributed by atoms with van der Waals surface area (Å²) in [6, 6.07) is 10.9. The Hall–Kier alpha value is -3.42. The number of hydrogen-bond donors (Lipinski definition) is 0. The van der Waals surface area contributed by atoms with E-state index in [1.165, 1.54) is 0 Å². The summed E-state index contributed by atoms with van der Waals surface area (Å²) in [5.41, 5.74) is 1.50. The molecule has 0 bridgehead atoms. The van der Waals surface area contributed by atoms with Crippen LogP contribution in [-0.4, -0.2) is 54.5 Å². The first-order valence-electron chi connectivity index (χ1n) is 10.3. The highest BCUT2D eigenvalue weighted by Gasteiger charge is 2.38. The number of methoxy groups -OCH3 is 1. The van der Waals surface area contributed by atoms with E-state index in [1.807, 2.05) is 18.2 Å². The molecule has 0 unspecified atom stereocenters. The smallest absolute Gasteiger partial charge is 0.307 e. The number of hydrogen-bond acceptors (Lipinski definition) is 6. The van der Waals surface area contributed by atoms with Crippen LogP contribution >= 0.6 is 0 Å². The van der Waals surface area contributed by atoms with Gasteiger partial charge in [0.2, 0.25) is 11.8 Å². The van der Waals surface area contributed by atoms with Gasteiger partial charge in [0.1, 0.15) is 5.75 Å². The van der Waals surface area contributed by atoms with Gasteiger partial charge in [-0.05, 0) is 30.7 Å². The van der Waals surface area contributed by atoms with Gasteiger partial charge in [0.05, 0.1) is 31.7 Å². The highest BCUT2D eigenvalue weighted by Crippen LogP contribution is 2.33. The van der Waals surface area contributed by atoms with Crippen molar-refractivity contribution in [3.05, 3.63) is 54.4 Å². The summed E-state index contributed by atoms with van der Waals surface area (Å²) in [5, 5.41) is 0. The number of esters is 1. The second-order valence-electron chi connectivity index (χ2n) is 7.25. The third-order valence-electron chi connectivity index (χ3n) is 5.15. The van der Waals surface area contributed by atoms with E-state index >= 15 is 0 Å². The van der Waals surface area contributed by atoms with Gasteiger partial charge in [-0.25, -0.2) is 0 Å². The Morgan fingerprint density at radius 2 is 2.03 bits per heavy atom. The normalized spacial score (nSPS) is 15.6. The molecule has 1 aromatic carbocycles. The largest absolute Gasteiger partial charge is 0.495 e. The Balaban J connectivity index is 1.75. The van der Waals surface area contributed by atoms with Crippen molar-refractivity contribution >= 4 is 23.5 Å². The van der Waals surface area contributed by atoms with E-state index in [9.17, 15) is 14.4 Å². The lowest BCUT2D eigenvalue weighted by Crippen LogP contribution is -2.38. The summed E-state index contributed by atoms with van der Waals surface area (Å²) in [7, 11) is 1.55. The maximum atomic E-state index is 13.3. The maximum absolute atomic E-state index is 13.3. The second kappa shape index (κ2) is 10.6. The number of ether oxygens (including phenoxy) is 2. The molecule has 3 rings (SSSR count). The molecule has 2 aromatic rings. The first-order chi connectivity index (χ1) is 15.0. The predicted molar refractivity (Wildman–Crippen MR) is 114 cm³/mol. The Bertz CT molecular complexity index is 918. The van der Waals surface area contributed by atoms with Crippen molar-refractivity contribution in [1.82, 2.24) is 9.88 Å². The van der Waals surface area contributed by atoms with E-state index in [4.69, 9.17) is 9.47 Å². The highest BCUT2D eigenvalue weighted by atomic mass is 16.5. The van der Waals surface area contributed by atoms with Gasteiger partial charge >= 0.3 is 5.97 Å². The highest BCUT2D eigenvalue weighted by molar-refractivity contribution is 6.01. The van der Waals surface area contributed by atoms with Gasteiger partial charge in [0.25, 0.3) is 0 Å². The zero-order valence-corrected chi connectivity index (χ0v) is 17.8. The summed E-state index contributed by atoms with van der Waals surface area (Å²) in [6.07, 6.45) is 3.55. The van der Waals surface area contributed by atoms with E-state index in [0.29, 0.717) is 24.6 Å². The van der Waals surface area contributed by atoms with Crippen molar-refractivity contribution in [2.75, 3.05) is 31.7 Å². The third kappa shape index (κ3) is 5.59. The molecule has 1 saturated heterocycles. The third-order valence-corrected chi connectivity index (χ3v) is 5.15. The fourth-order valence-electron chi connectivity index (χ4n) is 3.66. The Morgan fingerprint density at radius 3 is 2.74 bits per heavy atom. The van der Waals surface area contributed by atoms with Crippen molar-refractivity contribution in [1.29, 1.82) is 0 Å². The first kappa shape index (κ1) is 22.3. The van der Waals surface area contributed by atoms with E-state index in [2.05, 4.69) is 4.98 Å². The molecule has 0 saturated carbocycles. The standard InChI is InChI=1S/C23H27N3O5/c1-3-31-22(28)10-12-25(15-17-7-6-11-24-14-17)23(29)18-13-21(27)26(16-18)19-8-4-5-9-20(19)30-2/h4-9,11,14,18H,3,10,12-13,15-16H2,1-2H3/t18-/m1/s1. The summed E-state index contributed by atoms with van der Waals surface area (Å²) >= 11 is 0. The van der Waals surface area contributed by atoms with Crippen LogP contribution in [0.4, 0.5) is 5.69 Å². The van der Waals surface area contributed by atoms with Crippen molar-refractivity contribution in [3.8, 4) is 5.75 Å². The lowest BCUT2D eigenvalue weighted by molar-refractivity contribution is -0.144. The number of rotatable bonds is 9. The molecule has 1 fully saturated rings. The molecule has 0 N–H and O–H groups in total. The van der Waals surface area contributed by atoms with Crippen LogP contribution in [0, 0.1) is 5.92 Å². The number of para-hydroxylation sites is 2. The summed E-state index contributed by atoms with van der Waals surface area (Å²) < 4.78 is 10.4. The fourth-order valence-corrected chi connectivity index (χ4v) is 3.66. The molecule has 2 amide bonds. The molecule has 0 spiro atoms. The van der Waals surface area contributed by atoms with Crippen molar-refractivity contribution in [3.63, 3.8) is 0 Å². The van der Waals surface area contributed by atoms with E-state index in [0.717, 1.165) is 5.56 Å². The Morgan fingerprint density at radius 1 is 1.23 bits per heavy atom. The number of nitrogens with zero attached hydrogens (tertiary/aromatic N) is 3. The van der Waals surface area contributed by atoms with Crippen LogP contribution in [0.2, 0.25) is 0 Å². The van der Waals surface area contributed by atoms with Gasteiger partial charge in [-0.2, -0.15) is 0 Å². The molecule has 0 radical (unpaired) electrons. The molecule has 1 atom stereocenters. The van der Waals surface area contributed by atoms with Gasteiger partial charge in [0, 0.05) is 38.4 Å². The molecule has 2 heterocycles. The number of benzene rings is 1. The van der Waals surface area contributed by atoms with Gasteiger partial charge in [0.15, 0.2) is 0 Å².